The number of piperidine rings is 1. The molecule has 0 unspecified atom stereocenters. The van der Waals surface area contributed by atoms with E-state index in [1.807, 2.05) is 31.2 Å². The zero-order chi connectivity index (χ0) is 21.3. The van der Waals surface area contributed by atoms with Gasteiger partial charge in [0.1, 0.15) is 17.2 Å². The fourth-order valence-electron chi connectivity index (χ4n) is 3.70. The molecule has 2 amide bonds. The fraction of sp³-hybridized carbons (Fsp3) is 0.318. The maximum Gasteiger partial charge on any atom is 0.289 e. The van der Waals surface area contributed by atoms with E-state index in [1.165, 1.54) is 0 Å². The third-order valence-corrected chi connectivity index (χ3v) is 5.94. The largest absolute Gasteiger partial charge is 0.497 e. The standard InChI is InChI=1S/C22H22BrN3O4/c1-13-17-11-16(29-2)4-5-18(17)30-20(13)22(28)26-9-7-14(8-10-26)21(27)25-19-6-3-15(23)12-24-19/h3-6,11-12,14H,7-10H2,1-2H3,(H,24,25,27). The van der Waals surface area contributed by atoms with Gasteiger partial charge in [0, 0.05) is 40.6 Å². The zero-order valence-electron chi connectivity index (χ0n) is 16.8. The highest BCUT2D eigenvalue weighted by Gasteiger charge is 2.30. The second-order valence-corrected chi connectivity index (χ2v) is 8.25. The van der Waals surface area contributed by atoms with Gasteiger partial charge in [-0.05, 0) is 66.0 Å². The number of rotatable bonds is 4. The first-order chi connectivity index (χ1) is 14.5. The molecule has 1 aliphatic rings. The van der Waals surface area contributed by atoms with Crippen LogP contribution in [-0.2, 0) is 4.79 Å². The average Bonchev–Trinajstić information content (AvgIpc) is 3.10. The molecule has 1 saturated heterocycles. The SMILES string of the molecule is COc1ccc2oc(C(=O)N3CCC(C(=O)Nc4ccc(Br)cn4)CC3)c(C)c2c1. The van der Waals surface area contributed by atoms with Gasteiger partial charge < -0.3 is 19.4 Å². The number of halogens is 1. The third-order valence-electron chi connectivity index (χ3n) is 5.47. The Bertz CT molecular complexity index is 1090. The van der Waals surface area contributed by atoms with Gasteiger partial charge in [0.2, 0.25) is 5.91 Å². The molecule has 1 N–H and O–H groups in total. The first kappa shape index (κ1) is 20.4. The highest BCUT2D eigenvalue weighted by molar-refractivity contribution is 9.10. The molecule has 7 nitrogen and oxygen atoms in total. The summed E-state index contributed by atoms with van der Waals surface area (Å²) in [5.74, 6) is 1.23. The van der Waals surface area contributed by atoms with Crippen molar-refractivity contribution in [1.82, 2.24) is 9.88 Å². The van der Waals surface area contributed by atoms with E-state index >= 15 is 0 Å². The van der Waals surface area contributed by atoms with Gasteiger partial charge in [-0.25, -0.2) is 4.98 Å². The lowest BCUT2D eigenvalue weighted by Crippen LogP contribution is -2.41. The summed E-state index contributed by atoms with van der Waals surface area (Å²) in [5.41, 5.74) is 1.46. The summed E-state index contributed by atoms with van der Waals surface area (Å²) in [6.07, 6.45) is 2.84. The summed E-state index contributed by atoms with van der Waals surface area (Å²) < 4.78 is 12.0. The number of carbonyl (C=O) groups is 2. The molecule has 0 saturated carbocycles. The number of nitrogens with zero attached hydrogens (tertiary/aromatic N) is 2. The molecule has 1 fully saturated rings. The minimum absolute atomic E-state index is 0.0658. The molecule has 30 heavy (non-hydrogen) atoms. The van der Waals surface area contributed by atoms with Crippen molar-refractivity contribution in [2.24, 2.45) is 5.92 Å². The summed E-state index contributed by atoms with van der Waals surface area (Å²) >= 11 is 3.32. The van der Waals surface area contributed by atoms with Gasteiger partial charge in [-0.1, -0.05) is 0 Å². The van der Waals surface area contributed by atoms with Crippen LogP contribution in [0.3, 0.4) is 0 Å². The van der Waals surface area contributed by atoms with E-state index < -0.39 is 0 Å². The normalized spacial score (nSPS) is 14.7. The Balaban J connectivity index is 1.40. The van der Waals surface area contributed by atoms with Crippen LogP contribution in [0.25, 0.3) is 11.0 Å². The van der Waals surface area contributed by atoms with E-state index in [4.69, 9.17) is 9.15 Å². The third kappa shape index (κ3) is 4.05. The number of hydrogen-bond acceptors (Lipinski definition) is 5. The maximum atomic E-state index is 13.0. The number of fused-ring (bicyclic) bond motifs is 1. The van der Waals surface area contributed by atoms with Crippen LogP contribution in [0.15, 0.2) is 45.4 Å². The molecule has 0 aliphatic carbocycles. The number of pyridine rings is 1. The lowest BCUT2D eigenvalue weighted by molar-refractivity contribution is -0.121. The molecule has 2 aromatic heterocycles. The molecule has 156 valence electrons. The Hall–Kier alpha value is -2.87. The molecule has 0 spiro atoms. The van der Waals surface area contributed by atoms with Gasteiger partial charge in [0.15, 0.2) is 5.76 Å². The molecule has 4 rings (SSSR count). The Morgan fingerprint density at radius 2 is 2.00 bits per heavy atom. The summed E-state index contributed by atoms with van der Waals surface area (Å²) in [7, 11) is 1.61. The van der Waals surface area contributed by atoms with Gasteiger partial charge in [-0.3, -0.25) is 9.59 Å². The van der Waals surface area contributed by atoms with Gasteiger partial charge in [-0.2, -0.15) is 0 Å². The molecule has 0 bridgehead atoms. The van der Waals surface area contributed by atoms with Crippen molar-refractivity contribution in [3.8, 4) is 5.75 Å². The second kappa shape index (κ2) is 8.47. The van der Waals surface area contributed by atoms with Crippen LogP contribution in [0.4, 0.5) is 5.82 Å². The van der Waals surface area contributed by atoms with E-state index in [0.29, 0.717) is 43.1 Å². The zero-order valence-corrected chi connectivity index (χ0v) is 18.4. The summed E-state index contributed by atoms with van der Waals surface area (Å²) in [6.45, 7) is 2.89. The summed E-state index contributed by atoms with van der Waals surface area (Å²) in [4.78, 5) is 31.5. The second-order valence-electron chi connectivity index (χ2n) is 7.34. The van der Waals surface area contributed by atoms with Crippen LogP contribution < -0.4 is 10.1 Å². The summed E-state index contributed by atoms with van der Waals surface area (Å²) in [6, 6.07) is 9.07. The van der Waals surface area contributed by atoms with E-state index in [-0.39, 0.29) is 17.7 Å². The topological polar surface area (TPSA) is 84.7 Å². The molecular formula is C22H22BrN3O4. The number of anilines is 1. The van der Waals surface area contributed by atoms with Gasteiger partial charge in [0.25, 0.3) is 5.91 Å². The minimum atomic E-state index is -0.152. The Morgan fingerprint density at radius 3 is 2.67 bits per heavy atom. The number of methoxy groups -OCH3 is 1. The monoisotopic (exact) mass is 471 g/mol. The Morgan fingerprint density at radius 1 is 1.23 bits per heavy atom. The number of nitrogens with one attached hydrogen (secondary N) is 1. The number of ether oxygens (including phenoxy) is 1. The molecule has 0 radical (unpaired) electrons. The van der Waals surface area contributed by atoms with Crippen molar-refractivity contribution >= 4 is 44.5 Å². The number of aryl methyl sites for hydroxylation is 1. The molecule has 1 aromatic carbocycles. The van der Waals surface area contributed by atoms with Crippen LogP contribution in [0.5, 0.6) is 5.75 Å². The van der Waals surface area contributed by atoms with Crippen molar-refractivity contribution in [1.29, 1.82) is 0 Å². The minimum Gasteiger partial charge on any atom is -0.497 e. The van der Waals surface area contributed by atoms with Crippen molar-refractivity contribution < 1.29 is 18.7 Å². The number of aromatic nitrogens is 1. The molecular weight excluding hydrogens is 450 g/mol. The van der Waals surface area contributed by atoms with E-state index in [0.717, 1.165) is 21.2 Å². The van der Waals surface area contributed by atoms with Gasteiger partial charge >= 0.3 is 0 Å². The van der Waals surface area contributed by atoms with E-state index in [1.54, 1.807) is 24.3 Å². The number of carbonyl (C=O) groups excluding carboxylic acids is 2. The molecule has 3 heterocycles. The predicted octanol–water partition coefficient (Wildman–Crippen LogP) is 4.40. The van der Waals surface area contributed by atoms with Crippen LogP contribution in [0.2, 0.25) is 0 Å². The molecule has 8 heteroatoms. The lowest BCUT2D eigenvalue weighted by atomic mass is 9.95. The van der Waals surface area contributed by atoms with Gasteiger partial charge in [0.05, 0.1) is 7.11 Å². The smallest absolute Gasteiger partial charge is 0.289 e. The van der Waals surface area contributed by atoms with Crippen molar-refractivity contribution in [3.05, 3.63) is 52.3 Å². The van der Waals surface area contributed by atoms with Crippen LogP contribution in [-0.4, -0.2) is 41.9 Å². The number of furan rings is 1. The summed E-state index contributed by atoms with van der Waals surface area (Å²) in [5, 5.41) is 3.72. The van der Waals surface area contributed by atoms with Crippen LogP contribution in [0.1, 0.15) is 29.0 Å². The van der Waals surface area contributed by atoms with E-state index in [2.05, 4.69) is 26.2 Å². The van der Waals surface area contributed by atoms with Crippen LogP contribution in [0, 0.1) is 12.8 Å². The fourth-order valence-corrected chi connectivity index (χ4v) is 3.93. The first-order valence-electron chi connectivity index (χ1n) is 9.75. The maximum absolute atomic E-state index is 13.0. The van der Waals surface area contributed by atoms with Gasteiger partial charge in [-0.15, -0.1) is 0 Å². The molecule has 3 aromatic rings. The highest BCUT2D eigenvalue weighted by Crippen LogP contribution is 2.30. The van der Waals surface area contributed by atoms with E-state index in [9.17, 15) is 9.59 Å². The number of amides is 2. The number of benzene rings is 1. The molecule has 0 atom stereocenters. The molecule has 1 aliphatic heterocycles. The van der Waals surface area contributed by atoms with Crippen LogP contribution >= 0.6 is 15.9 Å². The quantitative estimate of drug-likeness (QED) is 0.609. The average molecular weight is 472 g/mol. The highest BCUT2D eigenvalue weighted by atomic mass is 79.9. The van der Waals surface area contributed by atoms with Crippen molar-refractivity contribution in [3.63, 3.8) is 0 Å². The predicted molar refractivity (Wildman–Crippen MR) is 117 cm³/mol. The van der Waals surface area contributed by atoms with Crippen molar-refractivity contribution in [2.45, 2.75) is 19.8 Å². The van der Waals surface area contributed by atoms with Crippen molar-refractivity contribution in [2.75, 3.05) is 25.5 Å². The Kier molecular flexibility index (Phi) is 5.76. The number of hydrogen-bond donors (Lipinski definition) is 1. The Labute approximate surface area is 182 Å². The number of likely N-dealkylation sites (tertiary alicyclic amines) is 1. The lowest BCUT2D eigenvalue weighted by Gasteiger charge is -2.30. The first-order valence-corrected chi connectivity index (χ1v) is 10.5.